The first-order valence-electron chi connectivity index (χ1n) is 8.51. The number of carbonyl (C=O) groups is 3. The second-order valence-electron chi connectivity index (χ2n) is 5.67. The van der Waals surface area contributed by atoms with Gasteiger partial charge < -0.3 is 25.8 Å². The van der Waals surface area contributed by atoms with Gasteiger partial charge in [-0.25, -0.2) is 0 Å². The number of nitrogens with one attached hydrogen (secondary N) is 2. The Morgan fingerprint density at radius 1 is 0.962 bits per heavy atom. The van der Waals surface area contributed by atoms with Gasteiger partial charge in [0.1, 0.15) is 0 Å². The van der Waals surface area contributed by atoms with Gasteiger partial charge in [0.2, 0.25) is 17.7 Å². The number of aryl methyl sites for hydroxylation is 1. The molecule has 0 saturated carbocycles. The predicted octanol–water partition coefficient (Wildman–Crippen LogP) is 0.602. The van der Waals surface area contributed by atoms with Crippen LogP contribution in [0.5, 0.6) is 0 Å². The van der Waals surface area contributed by atoms with Crippen LogP contribution in [0.1, 0.15) is 24.8 Å². The Morgan fingerprint density at radius 3 is 2.35 bits per heavy atom. The van der Waals surface area contributed by atoms with E-state index in [2.05, 4.69) is 10.6 Å². The quantitative estimate of drug-likeness (QED) is 0.442. The van der Waals surface area contributed by atoms with Crippen LogP contribution in [0.25, 0.3) is 0 Å². The maximum atomic E-state index is 11.8. The average Bonchev–Trinajstić information content (AvgIpc) is 2.60. The fourth-order valence-corrected chi connectivity index (χ4v) is 2.06. The molecule has 1 aromatic carbocycles. The molecule has 8 heteroatoms. The van der Waals surface area contributed by atoms with Crippen molar-refractivity contribution in [1.29, 1.82) is 0 Å². The lowest BCUT2D eigenvalue weighted by Gasteiger charge is -2.08. The van der Waals surface area contributed by atoms with Gasteiger partial charge in [-0.1, -0.05) is 12.1 Å². The van der Waals surface area contributed by atoms with Gasteiger partial charge in [0.25, 0.3) is 0 Å². The van der Waals surface area contributed by atoms with Gasteiger partial charge in [0, 0.05) is 32.2 Å². The maximum Gasteiger partial charge on any atom is 0.226 e. The Morgan fingerprint density at radius 2 is 1.69 bits per heavy atom. The molecule has 0 unspecified atom stereocenters. The van der Waals surface area contributed by atoms with E-state index in [0.29, 0.717) is 38.3 Å². The molecule has 0 aliphatic heterocycles. The Balaban J connectivity index is 2.24. The molecule has 0 bridgehead atoms. The zero-order valence-corrected chi connectivity index (χ0v) is 15.1. The summed E-state index contributed by atoms with van der Waals surface area (Å²) in [7, 11) is 1.59. The van der Waals surface area contributed by atoms with Crippen molar-refractivity contribution in [1.82, 2.24) is 5.32 Å². The highest BCUT2D eigenvalue weighted by atomic mass is 16.5. The Kier molecular flexibility index (Phi) is 10.7. The van der Waals surface area contributed by atoms with Gasteiger partial charge in [0.15, 0.2) is 0 Å². The normalized spacial score (nSPS) is 10.3. The van der Waals surface area contributed by atoms with E-state index in [-0.39, 0.29) is 31.2 Å². The second kappa shape index (κ2) is 12.8. The fraction of sp³-hybridized carbons (Fsp3) is 0.500. The highest BCUT2D eigenvalue weighted by Gasteiger charge is 2.05. The summed E-state index contributed by atoms with van der Waals surface area (Å²) in [6.45, 7) is 1.58. The van der Waals surface area contributed by atoms with E-state index in [1.165, 1.54) is 0 Å². The molecule has 8 nitrogen and oxygen atoms in total. The van der Waals surface area contributed by atoms with Crippen LogP contribution in [0, 0.1) is 0 Å². The summed E-state index contributed by atoms with van der Waals surface area (Å²) in [5, 5.41) is 5.43. The molecule has 1 rings (SSSR count). The number of rotatable bonds is 13. The first-order valence-corrected chi connectivity index (χ1v) is 8.51. The minimum absolute atomic E-state index is 0.121. The van der Waals surface area contributed by atoms with Crippen molar-refractivity contribution in [3.63, 3.8) is 0 Å². The van der Waals surface area contributed by atoms with Crippen LogP contribution >= 0.6 is 0 Å². The lowest BCUT2D eigenvalue weighted by Crippen LogP contribution is -2.27. The van der Waals surface area contributed by atoms with Crippen LogP contribution in [0.4, 0.5) is 5.69 Å². The van der Waals surface area contributed by atoms with Gasteiger partial charge in [-0.15, -0.1) is 0 Å². The van der Waals surface area contributed by atoms with Crippen LogP contribution in [0.2, 0.25) is 0 Å². The van der Waals surface area contributed by atoms with E-state index in [4.69, 9.17) is 15.2 Å². The standard InChI is InChI=1S/C18H27N3O5/c1-25-12-13-26-11-9-18(24)21-15-5-2-14(3-6-15)4-7-17(23)20-10-8-16(19)22/h2-3,5-6H,4,7-13H2,1H3,(H2,19,22)(H,20,23)(H,21,24). The van der Waals surface area contributed by atoms with Crippen molar-refractivity contribution >= 4 is 23.4 Å². The third kappa shape index (κ3) is 10.4. The fourth-order valence-electron chi connectivity index (χ4n) is 2.06. The van der Waals surface area contributed by atoms with Gasteiger partial charge in [-0.05, 0) is 24.1 Å². The number of benzene rings is 1. The van der Waals surface area contributed by atoms with Crippen molar-refractivity contribution in [3.8, 4) is 0 Å². The summed E-state index contributed by atoms with van der Waals surface area (Å²) in [6.07, 6.45) is 1.31. The summed E-state index contributed by atoms with van der Waals surface area (Å²) < 4.78 is 10.1. The van der Waals surface area contributed by atoms with Crippen molar-refractivity contribution in [2.45, 2.75) is 25.7 Å². The zero-order chi connectivity index (χ0) is 19.2. The number of nitrogens with two attached hydrogens (primary N) is 1. The third-order valence-electron chi connectivity index (χ3n) is 3.48. The van der Waals surface area contributed by atoms with Crippen LogP contribution in [-0.2, 0) is 30.3 Å². The number of ether oxygens (including phenoxy) is 2. The van der Waals surface area contributed by atoms with Gasteiger partial charge >= 0.3 is 0 Å². The Labute approximate surface area is 153 Å². The Hall–Kier alpha value is -2.45. The molecule has 0 aliphatic carbocycles. The summed E-state index contributed by atoms with van der Waals surface area (Å²) >= 11 is 0. The monoisotopic (exact) mass is 365 g/mol. The first kappa shape index (κ1) is 21.6. The number of primary amides is 1. The number of anilines is 1. The molecule has 0 heterocycles. The molecule has 0 aliphatic rings. The van der Waals surface area contributed by atoms with Crippen molar-refractivity contribution in [2.75, 3.05) is 38.8 Å². The van der Waals surface area contributed by atoms with Gasteiger partial charge in [-0.3, -0.25) is 14.4 Å². The minimum atomic E-state index is -0.440. The number of amides is 3. The first-order chi connectivity index (χ1) is 12.5. The van der Waals surface area contributed by atoms with E-state index in [1.807, 2.05) is 12.1 Å². The molecule has 26 heavy (non-hydrogen) atoms. The smallest absolute Gasteiger partial charge is 0.226 e. The molecule has 0 aromatic heterocycles. The minimum Gasteiger partial charge on any atom is -0.382 e. The van der Waals surface area contributed by atoms with Crippen LogP contribution < -0.4 is 16.4 Å². The zero-order valence-electron chi connectivity index (χ0n) is 15.1. The molecule has 0 saturated heterocycles. The number of hydrogen-bond acceptors (Lipinski definition) is 5. The van der Waals surface area contributed by atoms with E-state index in [1.54, 1.807) is 19.2 Å². The van der Waals surface area contributed by atoms with Gasteiger partial charge in [0.05, 0.1) is 26.2 Å². The highest BCUT2D eigenvalue weighted by molar-refractivity contribution is 5.90. The molecule has 1 aromatic rings. The summed E-state index contributed by atoms with van der Waals surface area (Å²) in [4.78, 5) is 34.0. The molecule has 4 N–H and O–H groups in total. The van der Waals surface area contributed by atoms with Crippen LogP contribution in [-0.4, -0.2) is 51.2 Å². The molecule has 0 radical (unpaired) electrons. The van der Waals surface area contributed by atoms with Crippen LogP contribution in [0.15, 0.2) is 24.3 Å². The van der Waals surface area contributed by atoms with Crippen molar-refractivity contribution in [3.05, 3.63) is 29.8 Å². The second-order valence-corrected chi connectivity index (χ2v) is 5.67. The number of hydrogen-bond donors (Lipinski definition) is 3. The molecule has 0 spiro atoms. The lowest BCUT2D eigenvalue weighted by molar-refractivity contribution is -0.121. The summed E-state index contributed by atoms with van der Waals surface area (Å²) in [5.74, 6) is -0.689. The highest BCUT2D eigenvalue weighted by Crippen LogP contribution is 2.11. The molecule has 0 fully saturated rings. The molecule has 3 amide bonds. The van der Waals surface area contributed by atoms with E-state index in [9.17, 15) is 14.4 Å². The van der Waals surface area contributed by atoms with E-state index in [0.717, 1.165) is 5.56 Å². The van der Waals surface area contributed by atoms with Crippen molar-refractivity contribution < 1.29 is 23.9 Å². The summed E-state index contributed by atoms with van der Waals surface area (Å²) in [6, 6.07) is 7.32. The molecular formula is C18H27N3O5. The van der Waals surface area contributed by atoms with E-state index >= 15 is 0 Å². The molecule has 0 atom stereocenters. The predicted molar refractivity (Wildman–Crippen MR) is 97.5 cm³/mol. The topological polar surface area (TPSA) is 120 Å². The Bertz CT molecular complexity index is 575. The number of carbonyl (C=O) groups excluding carboxylic acids is 3. The van der Waals surface area contributed by atoms with Crippen LogP contribution in [0.3, 0.4) is 0 Å². The third-order valence-corrected chi connectivity index (χ3v) is 3.48. The summed E-state index contributed by atoms with van der Waals surface area (Å²) in [5.41, 5.74) is 6.68. The van der Waals surface area contributed by atoms with Crippen molar-refractivity contribution in [2.24, 2.45) is 5.73 Å². The SMILES string of the molecule is COCCOCCC(=O)Nc1ccc(CCC(=O)NCCC(N)=O)cc1. The lowest BCUT2D eigenvalue weighted by atomic mass is 10.1. The molecule has 144 valence electrons. The number of methoxy groups -OCH3 is 1. The van der Waals surface area contributed by atoms with E-state index < -0.39 is 5.91 Å². The maximum absolute atomic E-state index is 11.8. The molecular weight excluding hydrogens is 338 g/mol. The largest absolute Gasteiger partial charge is 0.382 e. The average molecular weight is 365 g/mol. The van der Waals surface area contributed by atoms with Gasteiger partial charge in [-0.2, -0.15) is 0 Å².